The minimum absolute atomic E-state index is 0.230. The SMILES string of the molecule is O=C(CC1CCc2nnc(C3CCCC3)n2CC1)NCCN1CCCCCC1. The van der Waals surface area contributed by atoms with Crippen LogP contribution in [0.4, 0.5) is 0 Å². The number of likely N-dealkylation sites (tertiary alicyclic amines) is 1. The van der Waals surface area contributed by atoms with E-state index in [9.17, 15) is 4.79 Å². The van der Waals surface area contributed by atoms with Gasteiger partial charge in [-0.2, -0.15) is 0 Å². The number of rotatable bonds is 6. The molecule has 1 N–H and O–H groups in total. The van der Waals surface area contributed by atoms with E-state index < -0.39 is 0 Å². The summed E-state index contributed by atoms with van der Waals surface area (Å²) in [5.74, 6) is 3.67. The lowest BCUT2D eigenvalue weighted by molar-refractivity contribution is -0.122. The molecule has 6 heteroatoms. The first-order valence-electron chi connectivity index (χ1n) is 11.7. The van der Waals surface area contributed by atoms with Gasteiger partial charge in [0.1, 0.15) is 11.6 Å². The third-order valence-electron chi connectivity index (χ3n) is 7.04. The summed E-state index contributed by atoms with van der Waals surface area (Å²) >= 11 is 0. The van der Waals surface area contributed by atoms with Crippen LogP contribution in [-0.4, -0.2) is 51.8 Å². The third kappa shape index (κ3) is 5.13. The summed E-state index contributed by atoms with van der Waals surface area (Å²) in [4.78, 5) is 15.0. The zero-order chi connectivity index (χ0) is 19.2. The van der Waals surface area contributed by atoms with Gasteiger partial charge in [0.2, 0.25) is 5.91 Å². The highest BCUT2D eigenvalue weighted by Gasteiger charge is 2.27. The zero-order valence-corrected chi connectivity index (χ0v) is 17.4. The van der Waals surface area contributed by atoms with E-state index >= 15 is 0 Å². The molecule has 1 atom stereocenters. The molecule has 1 saturated carbocycles. The Balaban J connectivity index is 1.21. The van der Waals surface area contributed by atoms with Crippen molar-refractivity contribution in [3.05, 3.63) is 11.6 Å². The average molecular weight is 388 g/mol. The van der Waals surface area contributed by atoms with E-state index in [0.717, 1.165) is 44.7 Å². The molecule has 3 heterocycles. The Morgan fingerprint density at radius 2 is 1.71 bits per heavy atom. The second-order valence-electron chi connectivity index (χ2n) is 9.11. The number of fused-ring (bicyclic) bond motifs is 1. The van der Waals surface area contributed by atoms with Crippen molar-refractivity contribution in [1.29, 1.82) is 0 Å². The largest absolute Gasteiger partial charge is 0.355 e. The summed E-state index contributed by atoms with van der Waals surface area (Å²) in [5, 5.41) is 12.2. The monoisotopic (exact) mass is 387 g/mol. The molecule has 1 amide bonds. The average Bonchev–Trinajstić information content (AvgIpc) is 3.23. The molecule has 0 aromatic carbocycles. The highest BCUT2D eigenvalue weighted by Crippen LogP contribution is 2.34. The fourth-order valence-electron chi connectivity index (χ4n) is 5.30. The Morgan fingerprint density at radius 3 is 2.50 bits per heavy atom. The molecule has 156 valence electrons. The number of nitrogens with one attached hydrogen (secondary N) is 1. The molecule has 3 aliphatic rings. The van der Waals surface area contributed by atoms with E-state index in [-0.39, 0.29) is 5.91 Å². The van der Waals surface area contributed by atoms with Gasteiger partial charge in [0.05, 0.1) is 0 Å². The number of amides is 1. The Labute approximate surface area is 169 Å². The molecule has 1 aromatic rings. The minimum Gasteiger partial charge on any atom is -0.355 e. The van der Waals surface area contributed by atoms with E-state index in [0.29, 0.717) is 18.3 Å². The topological polar surface area (TPSA) is 63.1 Å². The van der Waals surface area contributed by atoms with E-state index in [1.807, 2.05) is 0 Å². The van der Waals surface area contributed by atoms with Crippen molar-refractivity contribution < 1.29 is 4.79 Å². The van der Waals surface area contributed by atoms with Crippen molar-refractivity contribution in [1.82, 2.24) is 25.0 Å². The summed E-state index contributed by atoms with van der Waals surface area (Å²) in [6.07, 6.45) is 14.3. The highest BCUT2D eigenvalue weighted by atomic mass is 16.1. The summed E-state index contributed by atoms with van der Waals surface area (Å²) in [7, 11) is 0. The highest BCUT2D eigenvalue weighted by molar-refractivity contribution is 5.76. The van der Waals surface area contributed by atoms with Gasteiger partial charge in [-0.25, -0.2) is 0 Å². The Morgan fingerprint density at radius 1 is 0.929 bits per heavy atom. The van der Waals surface area contributed by atoms with Crippen LogP contribution >= 0.6 is 0 Å². The molecular formula is C22H37N5O. The van der Waals surface area contributed by atoms with Crippen LogP contribution in [0.2, 0.25) is 0 Å². The van der Waals surface area contributed by atoms with Crippen molar-refractivity contribution in [3.63, 3.8) is 0 Å². The first kappa shape index (κ1) is 19.9. The molecule has 0 spiro atoms. The van der Waals surface area contributed by atoms with Gasteiger partial charge in [-0.15, -0.1) is 10.2 Å². The number of carbonyl (C=O) groups excluding carboxylic acids is 1. The maximum atomic E-state index is 12.5. The second-order valence-corrected chi connectivity index (χ2v) is 9.11. The summed E-state index contributed by atoms with van der Waals surface area (Å²) in [6, 6.07) is 0. The number of hydrogen-bond donors (Lipinski definition) is 1. The number of aromatic nitrogens is 3. The fraction of sp³-hybridized carbons (Fsp3) is 0.864. The van der Waals surface area contributed by atoms with Crippen LogP contribution in [0.15, 0.2) is 0 Å². The predicted octanol–water partition coefficient (Wildman–Crippen LogP) is 3.27. The van der Waals surface area contributed by atoms with Gasteiger partial charge in [0.15, 0.2) is 0 Å². The van der Waals surface area contributed by atoms with Crippen molar-refractivity contribution >= 4 is 5.91 Å². The van der Waals surface area contributed by atoms with Crippen LogP contribution in [-0.2, 0) is 17.8 Å². The Bertz CT molecular complexity index is 629. The molecule has 28 heavy (non-hydrogen) atoms. The van der Waals surface area contributed by atoms with Crippen LogP contribution < -0.4 is 5.32 Å². The summed E-state index contributed by atoms with van der Waals surface area (Å²) < 4.78 is 2.38. The molecule has 4 rings (SSSR count). The molecule has 6 nitrogen and oxygen atoms in total. The van der Waals surface area contributed by atoms with Crippen molar-refractivity contribution in [2.24, 2.45) is 5.92 Å². The molecule has 1 aliphatic carbocycles. The Kier molecular flexibility index (Phi) is 7.00. The van der Waals surface area contributed by atoms with Gasteiger partial charge in [-0.3, -0.25) is 4.79 Å². The van der Waals surface area contributed by atoms with Crippen molar-refractivity contribution in [2.75, 3.05) is 26.2 Å². The zero-order valence-electron chi connectivity index (χ0n) is 17.4. The summed E-state index contributed by atoms with van der Waals surface area (Å²) in [5.41, 5.74) is 0. The summed E-state index contributed by atoms with van der Waals surface area (Å²) in [6.45, 7) is 5.17. The molecular weight excluding hydrogens is 350 g/mol. The van der Waals surface area contributed by atoms with E-state index in [1.54, 1.807) is 0 Å². The van der Waals surface area contributed by atoms with Crippen LogP contribution in [0.5, 0.6) is 0 Å². The molecule has 0 bridgehead atoms. The van der Waals surface area contributed by atoms with Gasteiger partial charge in [-0.05, 0) is 57.5 Å². The van der Waals surface area contributed by atoms with Crippen LogP contribution in [0, 0.1) is 5.92 Å². The lowest BCUT2D eigenvalue weighted by Gasteiger charge is -2.20. The smallest absolute Gasteiger partial charge is 0.220 e. The van der Waals surface area contributed by atoms with Gasteiger partial charge in [0.25, 0.3) is 0 Å². The van der Waals surface area contributed by atoms with E-state index in [4.69, 9.17) is 0 Å². The maximum Gasteiger partial charge on any atom is 0.220 e. The van der Waals surface area contributed by atoms with Crippen LogP contribution in [0.1, 0.15) is 88.2 Å². The number of nitrogens with zero attached hydrogens (tertiary/aromatic N) is 4. The van der Waals surface area contributed by atoms with Gasteiger partial charge >= 0.3 is 0 Å². The second kappa shape index (κ2) is 9.86. The number of hydrogen-bond acceptors (Lipinski definition) is 4. The lowest BCUT2D eigenvalue weighted by Crippen LogP contribution is -2.36. The molecule has 1 saturated heterocycles. The number of carbonyl (C=O) groups is 1. The molecule has 2 fully saturated rings. The molecule has 1 aromatic heterocycles. The van der Waals surface area contributed by atoms with Crippen LogP contribution in [0.3, 0.4) is 0 Å². The minimum atomic E-state index is 0.230. The lowest BCUT2D eigenvalue weighted by atomic mass is 9.96. The number of aryl methyl sites for hydroxylation is 1. The van der Waals surface area contributed by atoms with E-state index in [2.05, 4.69) is 25.0 Å². The van der Waals surface area contributed by atoms with Gasteiger partial charge < -0.3 is 14.8 Å². The Hall–Kier alpha value is -1.43. The third-order valence-corrected chi connectivity index (χ3v) is 7.04. The quantitative estimate of drug-likeness (QED) is 0.814. The molecule has 1 unspecified atom stereocenters. The van der Waals surface area contributed by atoms with Gasteiger partial charge in [0, 0.05) is 38.4 Å². The molecule has 0 radical (unpaired) electrons. The van der Waals surface area contributed by atoms with Crippen molar-refractivity contribution in [2.45, 2.75) is 89.5 Å². The predicted molar refractivity (Wildman–Crippen MR) is 110 cm³/mol. The van der Waals surface area contributed by atoms with E-state index in [1.165, 1.54) is 70.3 Å². The first-order valence-corrected chi connectivity index (χ1v) is 11.7. The van der Waals surface area contributed by atoms with Crippen molar-refractivity contribution in [3.8, 4) is 0 Å². The normalized spacial score (nSPS) is 24.5. The standard InChI is InChI=1S/C22H37N5O/c28-21(23-12-16-26-13-5-1-2-6-14-26)17-18-9-10-20-24-25-22(27(20)15-11-18)19-7-3-4-8-19/h18-19H,1-17H2,(H,23,28). The molecule has 2 aliphatic heterocycles. The fourth-order valence-corrected chi connectivity index (χ4v) is 5.30. The van der Waals surface area contributed by atoms with Gasteiger partial charge in [-0.1, -0.05) is 25.7 Å². The maximum absolute atomic E-state index is 12.5. The first-order chi connectivity index (χ1) is 13.8. The van der Waals surface area contributed by atoms with Crippen LogP contribution in [0.25, 0.3) is 0 Å².